The fourth-order valence-corrected chi connectivity index (χ4v) is 2.52. The number of nitrogens with zero attached hydrogens (tertiary/aromatic N) is 3. The Morgan fingerprint density at radius 2 is 2.15 bits per heavy atom. The summed E-state index contributed by atoms with van der Waals surface area (Å²) in [5.74, 6) is 0. The van der Waals surface area contributed by atoms with Crippen LogP contribution in [0.1, 0.15) is 5.01 Å². The van der Waals surface area contributed by atoms with Gasteiger partial charge in [-0.25, -0.2) is 9.97 Å². The van der Waals surface area contributed by atoms with Crippen LogP contribution >= 0.6 is 11.3 Å². The van der Waals surface area contributed by atoms with Crippen LogP contribution < -0.4 is 5.32 Å². The molecule has 0 unspecified atom stereocenters. The highest BCUT2D eigenvalue weighted by atomic mass is 32.1. The molecule has 0 saturated heterocycles. The number of pyridine rings is 1. The summed E-state index contributed by atoms with van der Waals surface area (Å²) in [6.07, 6.45) is 2.99. The van der Waals surface area contributed by atoms with E-state index in [4.69, 9.17) is 0 Å². The first-order chi connectivity index (χ1) is 9.75. The largest absolute Gasteiger partial charge is 0.372 e. The van der Waals surface area contributed by atoms with Gasteiger partial charge in [0.25, 0.3) is 0 Å². The topological polar surface area (TPSA) is 81.0 Å². The second kappa shape index (κ2) is 5.22. The molecule has 2 aromatic heterocycles. The van der Waals surface area contributed by atoms with Gasteiger partial charge >= 0.3 is 5.69 Å². The van der Waals surface area contributed by atoms with Gasteiger partial charge in [-0.05, 0) is 6.07 Å². The van der Waals surface area contributed by atoms with Crippen LogP contribution in [0.3, 0.4) is 0 Å². The summed E-state index contributed by atoms with van der Waals surface area (Å²) < 4.78 is 0. The van der Waals surface area contributed by atoms with Gasteiger partial charge in [0.05, 0.1) is 17.0 Å². The van der Waals surface area contributed by atoms with Crippen molar-refractivity contribution in [2.24, 2.45) is 0 Å². The summed E-state index contributed by atoms with van der Waals surface area (Å²) in [5, 5.41) is 17.7. The van der Waals surface area contributed by atoms with Gasteiger partial charge in [-0.2, -0.15) is 0 Å². The van der Waals surface area contributed by atoms with Crippen molar-refractivity contribution >= 4 is 33.6 Å². The van der Waals surface area contributed by atoms with E-state index in [0.29, 0.717) is 12.2 Å². The highest BCUT2D eigenvalue weighted by molar-refractivity contribution is 7.09. The first-order valence-electron chi connectivity index (χ1n) is 5.90. The molecule has 0 radical (unpaired) electrons. The molecule has 1 aromatic carbocycles. The molecule has 2 heterocycles. The third kappa shape index (κ3) is 2.30. The van der Waals surface area contributed by atoms with E-state index in [2.05, 4.69) is 15.3 Å². The molecule has 0 fully saturated rings. The maximum atomic E-state index is 11.1. The fourth-order valence-electron chi connectivity index (χ4n) is 1.96. The van der Waals surface area contributed by atoms with Gasteiger partial charge in [-0.1, -0.05) is 18.2 Å². The number of para-hydroxylation sites is 1. The maximum Gasteiger partial charge on any atom is 0.311 e. The van der Waals surface area contributed by atoms with Gasteiger partial charge in [0.15, 0.2) is 0 Å². The Hall–Kier alpha value is -2.54. The van der Waals surface area contributed by atoms with Crippen molar-refractivity contribution in [2.45, 2.75) is 6.54 Å². The molecule has 0 spiro atoms. The molecule has 100 valence electrons. The van der Waals surface area contributed by atoms with Gasteiger partial charge in [0, 0.05) is 17.0 Å². The lowest BCUT2D eigenvalue weighted by Gasteiger charge is -2.08. The molecule has 0 atom stereocenters. The number of rotatable bonds is 4. The Bertz CT molecular complexity index is 758. The van der Waals surface area contributed by atoms with Crippen molar-refractivity contribution < 1.29 is 4.92 Å². The summed E-state index contributed by atoms with van der Waals surface area (Å²) in [4.78, 5) is 19.0. The Balaban J connectivity index is 2.05. The summed E-state index contributed by atoms with van der Waals surface area (Å²) in [7, 11) is 0. The minimum Gasteiger partial charge on any atom is -0.372 e. The van der Waals surface area contributed by atoms with Crippen LogP contribution in [0.5, 0.6) is 0 Å². The maximum absolute atomic E-state index is 11.1. The first-order valence-corrected chi connectivity index (χ1v) is 6.78. The third-order valence-corrected chi connectivity index (χ3v) is 3.63. The minimum absolute atomic E-state index is 0.0275. The van der Waals surface area contributed by atoms with Crippen molar-refractivity contribution in [3.05, 3.63) is 57.2 Å². The highest BCUT2D eigenvalue weighted by Gasteiger charge is 2.17. The molecule has 0 aliphatic heterocycles. The van der Waals surface area contributed by atoms with Crippen LogP contribution in [0.2, 0.25) is 0 Å². The molecule has 1 N–H and O–H groups in total. The van der Waals surface area contributed by atoms with E-state index in [1.807, 2.05) is 29.6 Å². The number of aromatic nitrogens is 2. The fraction of sp³-hybridized carbons (Fsp3) is 0.0769. The molecule has 3 rings (SSSR count). The molecule has 0 aliphatic rings. The number of hydrogen-bond acceptors (Lipinski definition) is 6. The Morgan fingerprint density at radius 3 is 2.90 bits per heavy atom. The van der Waals surface area contributed by atoms with Crippen molar-refractivity contribution in [1.82, 2.24) is 9.97 Å². The third-order valence-electron chi connectivity index (χ3n) is 2.85. The lowest BCUT2D eigenvalue weighted by molar-refractivity contribution is -0.384. The molecule has 3 aromatic rings. The minimum atomic E-state index is -0.427. The second-order valence-electron chi connectivity index (χ2n) is 4.07. The molecular formula is C13H10N4O2S. The highest BCUT2D eigenvalue weighted by Crippen LogP contribution is 2.31. The van der Waals surface area contributed by atoms with Crippen molar-refractivity contribution in [2.75, 3.05) is 5.32 Å². The number of hydrogen-bond donors (Lipinski definition) is 1. The monoisotopic (exact) mass is 286 g/mol. The average molecular weight is 286 g/mol. The lowest BCUT2D eigenvalue weighted by Crippen LogP contribution is -2.04. The molecule has 0 saturated carbocycles. The summed E-state index contributed by atoms with van der Waals surface area (Å²) in [6.45, 7) is 0.451. The van der Waals surface area contributed by atoms with Crippen molar-refractivity contribution in [3.8, 4) is 0 Å². The summed E-state index contributed by atoms with van der Waals surface area (Å²) in [6, 6.07) is 7.33. The number of thiazole rings is 1. The van der Waals surface area contributed by atoms with Crippen LogP contribution in [0, 0.1) is 10.1 Å². The summed E-state index contributed by atoms with van der Waals surface area (Å²) in [5.41, 5.74) is 1.18. The van der Waals surface area contributed by atoms with E-state index in [-0.39, 0.29) is 5.69 Å². The molecular weight excluding hydrogens is 276 g/mol. The second-order valence-corrected chi connectivity index (χ2v) is 5.05. The molecule has 0 bridgehead atoms. The van der Waals surface area contributed by atoms with Crippen molar-refractivity contribution in [1.29, 1.82) is 0 Å². The van der Waals surface area contributed by atoms with Gasteiger partial charge < -0.3 is 5.32 Å². The van der Waals surface area contributed by atoms with Gasteiger partial charge in [0.2, 0.25) is 0 Å². The number of nitrogens with one attached hydrogen (secondary N) is 1. The van der Waals surface area contributed by atoms with Gasteiger partial charge in [-0.15, -0.1) is 11.3 Å². The zero-order chi connectivity index (χ0) is 13.9. The standard InChI is InChI=1S/C13H10N4O2S/c18-17(19)11-7-15-10-4-2-1-3-9(10)13(11)16-8-12-14-5-6-20-12/h1-7H,8H2,(H,15,16). The smallest absolute Gasteiger partial charge is 0.311 e. The van der Waals surface area contributed by atoms with Crippen molar-refractivity contribution in [3.63, 3.8) is 0 Å². The lowest BCUT2D eigenvalue weighted by atomic mass is 10.1. The van der Waals surface area contributed by atoms with E-state index in [1.54, 1.807) is 6.20 Å². The van der Waals surface area contributed by atoms with Gasteiger partial charge in [-0.3, -0.25) is 10.1 Å². The van der Waals surface area contributed by atoms with Crippen LogP contribution in [-0.4, -0.2) is 14.9 Å². The SMILES string of the molecule is O=[N+]([O-])c1cnc2ccccc2c1NCc1nccs1. The molecule has 7 heteroatoms. The quantitative estimate of drug-likeness (QED) is 0.588. The van der Waals surface area contributed by atoms with E-state index in [1.165, 1.54) is 17.5 Å². The molecule has 0 amide bonds. The van der Waals surface area contributed by atoms with Crippen LogP contribution in [0.4, 0.5) is 11.4 Å². The Labute approximate surface area is 118 Å². The van der Waals surface area contributed by atoms with E-state index < -0.39 is 4.92 Å². The predicted molar refractivity (Wildman–Crippen MR) is 77.8 cm³/mol. The average Bonchev–Trinajstić information content (AvgIpc) is 2.97. The Kier molecular flexibility index (Phi) is 3.26. The van der Waals surface area contributed by atoms with Crippen LogP contribution in [0.25, 0.3) is 10.9 Å². The number of benzene rings is 1. The summed E-state index contributed by atoms with van der Waals surface area (Å²) >= 11 is 1.50. The molecule has 20 heavy (non-hydrogen) atoms. The molecule has 6 nitrogen and oxygen atoms in total. The van der Waals surface area contributed by atoms with Crippen LogP contribution in [-0.2, 0) is 6.54 Å². The van der Waals surface area contributed by atoms with Gasteiger partial charge in [0.1, 0.15) is 16.9 Å². The first kappa shape index (κ1) is 12.5. The number of fused-ring (bicyclic) bond motifs is 1. The predicted octanol–water partition coefficient (Wildman–Crippen LogP) is 3.21. The number of anilines is 1. The van der Waals surface area contributed by atoms with E-state index >= 15 is 0 Å². The van der Waals surface area contributed by atoms with Crippen LogP contribution in [0.15, 0.2) is 42.0 Å². The Morgan fingerprint density at radius 1 is 1.30 bits per heavy atom. The molecule has 0 aliphatic carbocycles. The zero-order valence-electron chi connectivity index (χ0n) is 10.3. The zero-order valence-corrected chi connectivity index (χ0v) is 11.1. The van der Waals surface area contributed by atoms with E-state index in [9.17, 15) is 10.1 Å². The number of nitro groups is 1. The normalized spacial score (nSPS) is 10.6. The van der Waals surface area contributed by atoms with E-state index in [0.717, 1.165) is 15.9 Å².